The number of hydrogen-bond acceptors (Lipinski definition) is 4. The van der Waals surface area contributed by atoms with Gasteiger partial charge in [-0.25, -0.2) is 4.39 Å². The first-order valence-electron chi connectivity index (χ1n) is 8.45. The second-order valence-electron chi connectivity index (χ2n) is 6.11. The first kappa shape index (κ1) is 18.7. The van der Waals surface area contributed by atoms with Crippen LogP contribution in [0.5, 0.6) is 5.75 Å². The summed E-state index contributed by atoms with van der Waals surface area (Å²) in [5.41, 5.74) is 0. The van der Waals surface area contributed by atoms with Crippen LogP contribution in [0.4, 0.5) is 4.39 Å². The van der Waals surface area contributed by atoms with Gasteiger partial charge in [0.2, 0.25) is 5.91 Å². The number of aliphatic hydroxyl groups is 1. The number of aliphatic hydroxyl groups excluding tert-OH is 1. The third kappa shape index (κ3) is 5.46. The standard InChI is InChI=1S/C18H26FNO4/c1-23-11-9-20(18(22)14-5-4-6-15(21)13-14)10-12-24-17-8-3-2-7-16(17)19/h2-3,7-8,14-15,21H,4-6,9-13H2,1H3/t14-,15-/m1/s1. The van der Waals surface area contributed by atoms with E-state index in [1.54, 1.807) is 30.2 Å². The van der Waals surface area contributed by atoms with Gasteiger partial charge in [0, 0.05) is 19.6 Å². The van der Waals surface area contributed by atoms with Crippen LogP contribution in [0, 0.1) is 11.7 Å². The van der Waals surface area contributed by atoms with Crippen LogP contribution in [-0.4, -0.2) is 55.4 Å². The fraction of sp³-hybridized carbons (Fsp3) is 0.611. The predicted octanol–water partition coefficient (Wildman–Crippen LogP) is 2.23. The largest absolute Gasteiger partial charge is 0.489 e. The second kappa shape index (κ2) is 9.59. The molecule has 1 aromatic rings. The van der Waals surface area contributed by atoms with Crippen molar-refractivity contribution in [1.82, 2.24) is 4.90 Å². The van der Waals surface area contributed by atoms with Crippen LogP contribution in [-0.2, 0) is 9.53 Å². The Bertz CT molecular complexity index is 525. The summed E-state index contributed by atoms with van der Waals surface area (Å²) in [4.78, 5) is 14.4. The Balaban J connectivity index is 1.89. The van der Waals surface area contributed by atoms with Crippen molar-refractivity contribution in [3.63, 3.8) is 0 Å². The number of methoxy groups -OCH3 is 1. The molecule has 1 aliphatic carbocycles. The van der Waals surface area contributed by atoms with Crippen molar-refractivity contribution in [1.29, 1.82) is 0 Å². The van der Waals surface area contributed by atoms with E-state index >= 15 is 0 Å². The number of ether oxygens (including phenoxy) is 2. The van der Waals surface area contributed by atoms with E-state index in [2.05, 4.69) is 0 Å². The first-order chi connectivity index (χ1) is 11.6. The minimum Gasteiger partial charge on any atom is -0.489 e. The van der Waals surface area contributed by atoms with Crippen LogP contribution in [0.25, 0.3) is 0 Å². The second-order valence-corrected chi connectivity index (χ2v) is 6.11. The van der Waals surface area contributed by atoms with Crippen molar-refractivity contribution in [3.8, 4) is 5.75 Å². The topological polar surface area (TPSA) is 59.0 Å². The summed E-state index contributed by atoms with van der Waals surface area (Å²) < 4.78 is 24.1. The summed E-state index contributed by atoms with van der Waals surface area (Å²) >= 11 is 0. The number of carbonyl (C=O) groups is 1. The summed E-state index contributed by atoms with van der Waals surface area (Å²) in [5, 5.41) is 9.78. The van der Waals surface area contributed by atoms with E-state index in [-0.39, 0.29) is 24.2 Å². The number of rotatable bonds is 8. The summed E-state index contributed by atoms with van der Waals surface area (Å²) in [6, 6.07) is 6.21. The Labute approximate surface area is 142 Å². The van der Waals surface area contributed by atoms with Gasteiger partial charge in [-0.3, -0.25) is 4.79 Å². The Kier molecular flexibility index (Phi) is 7.46. The van der Waals surface area contributed by atoms with Crippen LogP contribution in [0.15, 0.2) is 24.3 Å². The SMILES string of the molecule is COCCN(CCOc1ccccc1F)C(=O)[C@@H]1CCC[C@@H](O)C1. The molecule has 0 unspecified atom stereocenters. The minimum absolute atomic E-state index is 0.0166. The Morgan fingerprint density at radius 3 is 2.75 bits per heavy atom. The highest BCUT2D eigenvalue weighted by atomic mass is 19.1. The number of hydrogen-bond donors (Lipinski definition) is 1. The van der Waals surface area contributed by atoms with Gasteiger partial charge in [0.15, 0.2) is 11.6 Å². The monoisotopic (exact) mass is 339 g/mol. The van der Waals surface area contributed by atoms with Crippen molar-refractivity contribution in [2.75, 3.05) is 33.4 Å². The highest BCUT2D eigenvalue weighted by molar-refractivity contribution is 5.79. The van der Waals surface area contributed by atoms with Gasteiger partial charge >= 0.3 is 0 Å². The summed E-state index contributed by atoms with van der Waals surface area (Å²) in [5.74, 6) is -0.366. The molecular formula is C18H26FNO4. The van der Waals surface area contributed by atoms with Crippen molar-refractivity contribution >= 4 is 5.91 Å². The molecule has 0 heterocycles. The first-order valence-corrected chi connectivity index (χ1v) is 8.45. The van der Waals surface area contributed by atoms with Gasteiger partial charge in [0.25, 0.3) is 0 Å². The molecule has 2 rings (SSSR count). The van der Waals surface area contributed by atoms with Gasteiger partial charge in [-0.05, 0) is 31.4 Å². The van der Waals surface area contributed by atoms with Gasteiger partial charge in [-0.1, -0.05) is 18.6 Å². The molecule has 0 bridgehead atoms. The maximum Gasteiger partial charge on any atom is 0.225 e. The number of benzene rings is 1. The molecule has 1 saturated carbocycles. The normalized spacial score (nSPS) is 20.6. The number of para-hydroxylation sites is 1. The van der Waals surface area contributed by atoms with Crippen LogP contribution in [0.3, 0.4) is 0 Å². The molecule has 0 aliphatic heterocycles. The van der Waals surface area contributed by atoms with Crippen LogP contribution >= 0.6 is 0 Å². The molecule has 0 aromatic heterocycles. The summed E-state index contributed by atoms with van der Waals surface area (Å²) in [7, 11) is 1.59. The number of halogens is 1. The zero-order valence-electron chi connectivity index (χ0n) is 14.1. The molecule has 1 fully saturated rings. The predicted molar refractivity (Wildman–Crippen MR) is 88.3 cm³/mol. The molecule has 1 amide bonds. The minimum atomic E-state index is -0.414. The van der Waals surface area contributed by atoms with E-state index in [9.17, 15) is 14.3 Å². The lowest BCUT2D eigenvalue weighted by molar-refractivity contribution is -0.139. The Morgan fingerprint density at radius 1 is 1.29 bits per heavy atom. The third-order valence-electron chi connectivity index (χ3n) is 4.33. The number of carbonyl (C=O) groups excluding carboxylic acids is 1. The number of amides is 1. The van der Waals surface area contributed by atoms with Crippen molar-refractivity contribution in [2.24, 2.45) is 5.92 Å². The van der Waals surface area contributed by atoms with Crippen molar-refractivity contribution in [3.05, 3.63) is 30.1 Å². The quantitative estimate of drug-likeness (QED) is 0.789. The maximum absolute atomic E-state index is 13.6. The van der Waals surface area contributed by atoms with Crippen molar-refractivity contribution < 1.29 is 23.8 Å². The molecule has 1 aromatic carbocycles. The molecule has 0 spiro atoms. The molecule has 24 heavy (non-hydrogen) atoms. The van der Waals surface area contributed by atoms with E-state index in [0.717, 1.165) is 19.3 Å². The summed E-state index contributed by atoms with van der Waals surface area (Å²) in [6.45, 7) is 1.47. The Hall–Kier alpha value is -1.66. The molecule has 1 N–H and O–H groups in total. The molecule has 1 aliphatic rings. The van der Waals surface area contributed by atoms with E-state index in [1.807, 2.05) is 0 Å². The Morgan fingerprint density at radius 2 is 2.04 bits per heavy atom. The fourth-order valence-electron chi connectivity index (χ4n) is 3.01. The fourth-order valence-corrected chi connectivity index (χ4v) is 3.01. The molecule has 0 saturated heterocycles. The third-order valence-corrected chi connectivity index (χ3v) is 4.33. The van der Waals surface area contributed by atoms with Crippen LogP contribution in [0.1, 0.15) is 25.7 Å². The van der Waals surface area contributed by atoms with Crippen LogP contribution < -0.4 is 4.74 Å². The summed E-state index contributed by atoms with van der Waals surface area (Å²) in [6.07, 6.45) is 2.54. The molecular weight excluding hydrogens is 313 g/mol. The van der Waals surface area contributed by atoms with Gasteiger partial charge in [0.05, 0.1) is 19.3 Å². The maximum atomic E-state index is 13.6. The molecule has 6 heteroatoms. The van der Waals surface area contributed by atoms with E-state index < -0.39 is 11.9 Å². The number of nitrogens with zero attached hydrogens (tertiary/aromatic N) is 1. The lowest BCUT2D eigenvalue weighted by Crippen LogP contribution is -2.42. The van der Waals surface area contributed by atoms with E-state index in [1.165, 1.54) is 6.07 Å². The zero-order valence-corrected chi connectivity index (χ0v) is 14.1. The van der Waals surface area contributed by atoms with Gasteiger partial charge in [0.1, 0.15) is 6.61 Å². The highest BCUT2D eigenvalue weighted by Crippen LogP contribution is 2.26. The lowest BCUT2D eigenvalue weighted by Gasteiger charge is -2.31. The highest BCUT2D eigenvalue weighted by Gasteiger charge is 2.29. The smallest absolute Gasteiger partial charge is 0.225 e. The molecule has 5 nitrogen and oxygen atoms in total. The molecule has 134 valence electrons. The van der Waals surface area contributed by atoms with E-state index in [4.69, 9.17) is 9.47 Å². The van der Waals surface area contributed by atoms with Crippen molar-refractivity contribution in [2.45, 2.75) is 31.8 Å². The zero-order chi connectivity index (χ0) is 17.4. The van der Waals surface area contributed by atoms with Gasteiger partial charge in [-0.15, -0.1) is 0 Å². The van der Waals surface area contributed by atoms with Gasteiger partial charge in [-0.2, -0.15) is 0 Å². The van der Waals surface area contributed by atoms with Gasteiger partial charge < -0.3 is 19.5 Å². The molecule has 2 atom stereocenters. The average Bonchev–Trinajstić information content (AvgIpc) is 2.59. The lowest BCUT2D eigenvalue weighted by atomic mass is 9.86. The average molecular weight is 339 g/mol. The molecule has 0 radical (unpaired) electrons. The van der Waals surface area contributed by atoms with E-state index in [0.29, 0.717) is 26.1 Å². The van der Waals surface area contributed by atoms with Crippen LogP contribution in [0.2, 0.25) is 0 Å².